The van der Waals surface area contributed by atoms with Crippen molar-refractivity contribution < 1.29 is 19.2 Å². The van der Waals surface area contributed by atoms with Crippen LogP contribution in [0, 0.1) is 6.92 Å². The number of ether oxygens (including phenoxy) is 1. The second kappa shape index (κ2) is 10.3. The number of aromatic nitrogens is 5. The summed E-state index contributed by atoms with van der Waals surface area (Å²) in [6.07, 6.45) is 1.62. The number of benzene rings is 1. The summed E-state index contributed by atoms with van der Waals surface area (Å²) in [6, 6.07) is 11.8. The third-order valence-electron chi connectivity index (χ3n) is 4.13. The molecule has 1 aromatic carbocycles. The summed E-state index contributed by atoms with van der Waals surface area (Å²) in [4.78, 5) is 19.6. The van der Waals surface area contributed by atoms with Crippen LogP contribution in [0.15, 0.2) is 53.2 Å². The SMILES string of the molecule is Cc1cc(CNc2nccc(Nc3cc(OCc4cccc(C(=O)O)c4)n[nH]3)n2)on1.Cl. The number of rotatable bonds is 9. The zero-order valence-corrected chi connectivity index (χ0v) is 17.7. The molecule has 0 spiro atoms. The van der Waals surface area contributed by atoms with Crippen LogP contribution in [0.25, 0.3) is 0 Å². The van der Waals surface area contributed by atoms with Gasteiger partial charge in [0.05, 0.1) is 17.8 Å². The van der Waals surface area contributed by atoms with E-state index in [4.69, 9.17) is 14.4 Å². The fraction of sp³-hybridized carbons (Fsp3) is 0.150. The molecule has 0 unspecified atom stereocenters. The summed E-state index contributed by atoms with van der Waals surface area (Å²) in [5.74, 6) is 1.61. The lowest BCUT2D eigenvalue weighted by atomic mass is 10.1. The van der Waals surface area contributed by atoms with Gasteiger partial charge in [-0.1, -0.05) is 17.3 Å². The van der Waals surface area contributed by atoms with Crippen molar-refractivity contribution in [2.75, 3.05) is 10.6 Å². The van der Waals surface area contributed by atoms with Gasteiger partial charge in [-0.2, -0.15) is 4.98 Å². The van der Waals surface area contributed by atoms with Crippen molar-refractivity contribution in [3.63, 3.8) is 0 Å². The maximum absolute atomic E-state index is 11.1. The number of carbonyl (C=O) groups is 1. The van der Waals surface area contributed by atoms with Crippen LogP contribution >= 0.6 is 12.4 Å². The minimum Gasteiger partial charge on any atom is -0.478 e. The first-order chi connectivity index (χ1) is 15.0. The predicted molar refractivity (Wildman–Crippen MR) is 117 cm³/mol. The van der Waals surface area contributed by atoms with Crippen LogP contribution in [0.4, 0.5) is 17.6 Å². The molecule has 32 heavy (non-hydrogen) atoms. The third kappa shape index (κ3) is 5.95. The highest BCUT2D eigenvalue weighted by Crippen LogP contribution is 2.19. The molecule has 11 nitrogen and oxygen atoms in total. The summed E-state index contributed by atoms with van der Waals surface area (Å²) in [5.41, 5.74) is 1.74. The van der Waals surface area contributed by atoms with E-state index in [9.17, 15) is 4.79 Å². The van der Waals surface area contributed by atoms with Crippen molar-refractivity contribution in [2.24, 2.45) is 0 Å². The quantitative estimate of drug-likeness (QED) is 0.293. The number of nitrogens with zero attached hydrogens (tertiary/aromatic N) is 4. The Bertz CT molecular complexity index is 1190. The fourth-order valence-corrected chi connectivity index (χ4v) is 2.71. The molecule has 0 bridgehead atoms. The van der Waals surface area contributed by atoms with E-state index < -0.39 is 5.97 Å². The molecule has 0 radical (unpaired) electrons. The molecule has 12 heteroatoms. The Morgan fingerprint density at radius 1 is 1.25 bits per heavy atom. The van der Waals surface area contributed by atoms with Crippen molar-refractivity contribution in [1.82, 2.24) is 25.3 Å². The lowest BCUT2D eigenvalue weighted by Gasteiger charge is -2.05. The summed E-state index contributed by atoms with van der Waals surface area (Å²) in [6.45, 7) is 2.45. The van der Waals surface area contributed by atoms with E-state index in [1.165, 1.54) is 6.07 Å². The number of carboxylic acid groups (broad SMARTS) is 1. The number of anilines is 3. The molecule has 0 saturated heterocycles. The highest BCUT2D eigenvalue weighted by molar-refractivity contribution is 5.87. The number of nitrogens with one attached hydrogen (secondary N) is 3. The molecule has 0 amide bonds. The number of aromatic carboxylic acids is 1. The Balaban J connectivity index is 0.00000289. The minimum atomic E-state index is -0.984. The highest BCUT2D eigenvalue weighted by atomic mass is 35.5. The normalized spacial score (nSPS) is 10.3. The molecule has 0 saturated carbocycles. The van der Waals surface area contributed by atoms with E-state index in [2.05, 4.69) is 36.0 Å². The van der Waals surface area contributed by atoms with Gasteiger partial charge in [-0.3, -0.25) is 5.10 Å². The van der Waals surface area contributed by atoms with Crippen LogP contribution in [0.2, 0.25) is 0 Å². The number of H-pyrrole nitrogens is 1. The van der Waals surface area contributed by atoms with Gasteiger partial charge in [0.15, 0.2) is 5.76 Å². The Kier molecular flexibility index (Phi) is 7.24. The van der Waals surface area contributed by atoms with Gasteiger partial charge < -0.3 is 25.0 Å². The Labute approximate surface area is 188 Å². The maximum atomic E-state index is 11.1. The first-order valence-electron chi connectivity index (χ1n) is 9.32. The minimum absolute atomic E-state index is 0. The molecule has 0 atom stereocenters. The van der Waals surface area contributed by atoms with Gasteiger partial charge in [-0.15, -0.1) is 17.5 Å². The number of aromatic amines is 1. The summed E-state index contributed by atoms with van der Waals surface area (Å²) < 4.78 is 10.8. The molecule has 4 aromatic rings. The Hall–Kier alpha value is -4.12. The van der Waals surface area contributed by atoms with Crippen molar-refractivity contribution in [1.29, 1.82) is 0 Å². The van der Waals surface area contributed by atoms with Crippen LogP contribution in [-0.2, 0) is 13.2 Å². The van der Waals surface area contributed by atoms with Gasteiger partial charge in [0.1, 0.15) is 18.2 Å². The maximum Gasteiger partial charge on any atom is 0.335 e. The van der Waals surface area contributed by atoms with Crippen LogP contribution in [0.5, 0.6) is 5.88 Å². The second-order valence-corrected chi connectivity index (χ2v) is 6.59. The fourth-order valence-electron chi connectivity index (χ4n) is 2.71. The average molecular weight is 458 g/mol. The first kappa shape index (κ1) is 22.6. The van der Waals surface area contributed by atoms with Gasteiger partial charge in [-0.05, 0) is 30.7 Å². The molecule has 3 aromatic heterocycles. The molecule has 4 rings (SSSR count). The largest absolute Gasteiger partial charge is 0.478 e. The van der Waals surface area contributed by atoms with Crippen molar-refractivity contribution in [3.8, 4) is 5.88 Å². The summed E-state index contributed by atoms with van der Waals surface area (Å²) in [5, 5.41) is 25.9. The van der Waals surface area contributed by atoms with Crippen LogP contribution in [0.3, 0.4) is 0 Å². The lowest BCUT2D eigenvalue weighted by Crippen LogP contribution is -2.04. The first-order valence-corrected chi connectivity index (χ1v) is 9.32. The lowest BCUT2D eigenvalue weighted by molar-refractivity contribution is 0.0696. The number of hydrogen-bond donors (Lipinski definition) is 4. The van der Waals surface area contributed by atoms with E-state index >= 15 is 0 Å². The third-order valence-corrected chi connectivity index (χ3v) is 4.13. The van der Waals surface area contributed by atoms with E-state index in [0.717, 1.165) is 11.3 Å². The molecular formula is C20H20ClN7O4. The van der Waals surface area contributed by atoms with Gasteiger partial charge in [-0.25, -0.2) is 9.78 Å². The zero-order chi connectivity index (χ0) is 21.6. The van der Waals surface area contributed by atoms with Crippen molar-refractivity contribution >= 4 is 36.0 Å². The van der Waals surface area contributed by atoms with Crippen LogP contribution in [0.1, 0.15) is 27.4 Å². The second-order valence-electron chi connectivity index (χ2n) is 6.59. The van der Waals surface area contributed by atoms with Gasteiger partial charge in [0.2, 0.25) is 11.8 Å². The van der Waals surface area contributed by atoms with Gasteiger partial charge in [0, 0.05) is 18.3 Å². The van der Waals surface area contributed by atoms with E-state index in [0.29, 0.717) is 35.8 Å². The predicted octanol–water partition coefficient (Wildman–Crippen LogP) is 3.55. The Morgan fingerprint density at radius 2 is 2.12 bits per heavy atom. The van der Waals surface area contributed by atoms with E-state index in [1.807, 2.05) is 13.0 Å². The number of carboxylic acids is 1. The topological polar surface area (TPSA) is 151 Å². The number of aryl methyl sites for hydroxylation is 1. The Morgan fingerprint density at radius 3 is 2.91 bits per heavy atom. The summed E-state index contributed by atoms with van der Waals surface area (Å²) in [7, 11) is 0. The molecule has 166 valence electrons. The molecule has 0 aliphatic rings. The molecule has 3 heterocycles. The standard InChI is InChI=1S/C20H19N7O4.ClH/c1-12-7-15(31-27-12)10-22-20-21-6-5-16(24-20)23-17-9-18(26-25-17)30-11-13-3-2-4-14(8-13)19(28)29;/h2-9H,10-11H2,1H3,(H,28,29)(H3,21,22,23,24,25,26);1H. The highest BCUT2D eigenvalue weighted by Gasteiger charge is 2.08. The molecule has 0 aliphatic heterocycles. The number of hydrogen-bond acceptors (Lipinski definition) is 9. The molecule has 0 aliphatic carbocycles. The monoisotopic (exact) mass is 457 g/mol. The smallest absolute Gasteiger partial charge is 0.335 e. The molecule has 0 fully saturated rings. The van der Waals surface area contributed by atoms with Crippen molar-refractivity contribution in [2.45, 2.75) is 20.1 Å². The van der Waals surface area contributed by atoms with E-state index in [-0.39, 0.29) is 24.6 Å². The molecular weight excluding hydrogens is 438 g/mol. The average Bonchev–Trinajstić information content (AvgIpc) is 3.40. The number of halogens is 1. The van der Waals surface area contributed by atoms with E-state index in [1.54, 1.807) is 36.5 Å². The zero-order valence-electron chi connectivity index (χ0n) is 16.9. The van der Waals surface area contributed by atoms with Gasteiger partial charge in [0.25, 0.3) is 0 Å². The summed E-state index contributed by atoms with van der Waals surface area (Å²) >= 11 is 0. The van der Waals surface area contributed by atoms with Crippen LogP contribution in [-0.4, -0.2) is 36.4 Å². The van der Waals surface area contributed by atoms with Crippen LogP contribution < -0.4 is 15.4 Å². The van der Waals surface area contributed by atoms with Gasteiger partial charge >= 0.3 is 5.97 Å². The van der Waals surface area contributed by atoms with Crippen molar-refractivity contribution in [3.05, 3.63) is 71.2 Å². The molecule has 4 N–H and O–H groups in total.